The lowest BCUT2D eigenvalue weighted by atomic mass is 10.4. The molecule has 1 aliphatic heterocycles. The molecule has 0 saturated carbocycles. The van der Waals surface area contributed by atoms with E-state index in [0.717, 1.165) is 31.4 Å². The van der Waals surface area contributed by atoms with Crippen molar-refractivity contribution in [3.63, 3.8) is 0 Å². The van der Waals surface area contributed by atoms with Crippen molar-refractivity contribution in [1.82, 2.24) is 19.1 Å². The summed E-state index contributed by atoms with van der Waals surface area (Å²) in [4.78, 5) is 25.8. The van der Waals surface area contributed by atoms with Gasteiger partial charge in [-0.3, -0.25) is 9.20 Å². The van der Waals surface area contributed by atoms with Crippen LogP contribution < -0.4 is 5.69 Å². The highest BCUT2D eigenvalue weighted by molar-refractivity contribution is 5.76. The topological polar surface area (TPSA) is 59.6 Å². The molecule has 0 aliphatic carbocycles. The predicted octanol–water partition coefficient (Wildman–Crippen LogP) is 0.118. The molecule has 2 aromatic rings. The summed E-state index contributed by atoms with van der Waals surface area (Å²) in [5.74, 6) is -0.0337. The van der Waals surface area contributed by atoms with Gasteiger partial charge in [0, 0.05) is 19.3 Å². The summed E-state index contributed by atoms with van der Waals surface area (Å²) in [5.41, 5.74) is 0.468. The van der Waals surface area contributed by atoms with Gasteiger partial charge in [0.2, 0.25) is 5.91 Å². The molecular formula is C12H14N4O2. The molecule has 1 saturated heterocycles. The van der Waals surface area contributed by atoms with E-state index in [2.05, 4.69) is 5.10 Å². The summed E-state index contributed by atoms with van der Waals surface area (Å²) >= 11 is 0. The standard InChI is InChI=1S/C12H14N4O2/c17-11(14-5-1-2-6-14)9-16-12(18)15-7-3-4-10(15)8-13-16/h3-4,7-8H,1-2,5-6,9H2. The van der Waals surface area contributed by atoms with Crippen LogP contribution in [0.1, 0.15) is 12.8 Å². The first kappa shape index (κ1) is 11.0. The molecule has 0 aromatic carbocycles. The smallest absolute Gasteiger partial charge is 0.341 e. The van der Waals surface area contributed by atoms with Gasteiger partial charge >= 0.3 is 5.69 Å². The number of amides is 1. The first-order valence-electron chi connectivity index (χ1n) is 6.07. The van der Waals surface area contributed by atoms with Crippen LogP contribution in [-0.2, 0) is 11.3 Å². The second-order valence-electron chi connectivity index (χ2n) is 4.48. The fraction of sp³-hybridized carbons (Fsp3) is 0.417. The first-order chi connectivity index (χ1) is 8.75. The number of hydrogen-bond acceptors (Lipinski definition) is 3. The fourth-order valence-electron chi connectivity index (χ4n) is 2.28. The van der Waals surface area contributed by atoms with E-state index in [1.54, 1.807) is 29.4 Å². The number of carbonyl (C=O) groups excluding carboxylic acids is 1. The number of carbonyl (C=O) groups is 1. The first-order valence-corrected chi connectivity index (χ1v) is 6.07. The second kappa shape index (κ2) is 4.29. The summed E-state index contributed by atoms with van der Waals surface area (Å²) in [5, 5.41) is 4.03. The molecule has 0 bridgehead atoms. The zero-order valence-corrected chi connectivity index (χ0v) is 9.95. The van der Waals surface area contributed by atoms with Gasteiger partial charge in [-0.15, -0.1) is 0 Å². The molecule has 3 heterocycles. The summed E-state index contributed by atoms with van der Waals surface area (Å²) in [6.45, 7) is 1.60. The molecule has 0 atom stereocenters. The Morgan fingerprint density at radius 3 is 2.89 bits per heavy atom. The minimum absolute atomic E-state index is 0.0208. The molecule has 6 heteroatoms. The third kappa shape index (κ3) is 1.79. The number of likely N-dealkylation sites (tertiary alicyclic amines) is 1. The Labute approximate surface area is 103 Å². The normalized spacial score (nSPS) is 15.4. The van der Waals surface area contributed by atoms with Crippen LogP contribution in [0.5, 0.6) is 0 Å². The molecule has 18 heavy (non-hydrogen) atoms. The van der Waals surface area contributed by atoms with E-state index in [0.29, 0.717) is 0 Å². The molecule has 3 rings (SSSR count). The lowest BCUT2D eigenvalue weighted by molar-refractivity contribution is -0.131. The number of nitrogens with zero attached hydrogens (tertiary/aromatic N) is 4. The third-order valence-electron chi connectivity index (χ3n) is 3.28. The molecule has 94 valence electrons. The summed E-state index contributed by atoms with van der Waals surface area (Å²) in [6, 6.07) is 3.59. The predicted molar refractivity (Wildman–Crippen MR) is 65.3 cm³/mol. The third-order valence-corrected chi connectivity index (χ3v) is 3.28. The summed E-state index contributed by atoms with van der Waals surface area (Å²) < 4.78 is 2.71. The van der Waals surface area contributed by atoms with Gasteiger partial charge < -0.3 is 4.90 Å². The second-order valence-corrected chi connectivity index (χ2v) is 4.48. The Morgan fingerprint density at radius 1 is 1.33 bits per heavy atom. The van der Waals surface area contributed by atoms with Gasteiger partial charge in [-0.1, -0.05) is 0 Å². The Morgan fingerprint density at radius 2 is 2.11 bits per heavy atom. The van der Waals surface area contributed by atoms with Crippen molar-refractivity contribution in [2.24, 2.45) is 0 Å². The minimum Gasteiger partial charge on any atom is -0.341 e. The molecule has 6 nitrogen and oxygen atoms in total. The van der Waals surface area contributed by atoms with Gasteiger partial charge in [0.05, 0.1) is 11.7 Å². The number of hydrogen-bond donors (Lipinski definition) is 0. The number of fused-ring (bicyclic) bond motifs is 1. The summed E-state index contributed by atoms with van der Waals surface area (Å²) in [7, 11) is 0. The SMILES string of the molecule is O=C(Cn1ncc2cccn2c1=O)N1CCCC1. The monoisotopic (exact) mass is 246 g/mol. The highest BCUT2D eigenvalue weighted by Gasteiger charge is 2.19. The summed E-state index contributed by atoms with van der Waals surface area (Å²) in [6.07, 6.45) is 5.37. The molecule has 0 spiro atoms. The van der Waals surface area contributed by atoms with Crippen molar-refractivity contribution in [1.29, 1.82) is 0 Å². The van der Waals surface area contributed by atoms with Crippen LogP contribution in [0.4, 0.5) is 0 Å². The Hall–Kier alpha value is -2.11. The van der Waals surface area contributed by atoms with Gasteiger partial charge in [-0.2, -0.15) is 5.10 Å². The molecule has 0 unspecified atom stereocenters. The van der Waals surface area contributed by atoms with Crippen LogP contribution in [-0.4, -0.2) is 38.1 Å². The van der Waals surface area contributed by atoms with Crippen LogP contribution in [0.3, 0.4) is 0 Å². The van der Waals surface area contributed by atoms with Crippen LogP contribution in [0.25, 0.3) is 5.52 Å². The molecule has 1 amide bonds. The van der Waals surface area contributed by atoms with Crippen molar-refractivity contribution in [2.45, 2.75) is 19.4 Å². The van der Waals surface area contributed by atoms with Crippen molar-refractivity contribution in [2.75, 3.05) is 13.1 Å². The van der Waals surface area contributed by atoms with Crippen LogP contribution in [0.15, 0.2) is 29.3 Å². The Balaban J connectivity index is 1.88. The lowest BCUT2D eigenvalue weighted by Crippen LogP contribution is -2.37. The van der Waals surface area contributed by atoms with E-state index >= 15 is 0 Å². The quantitative estimate of drug-likeness (QED) is 0.756. The van der Waals surface area contributed by atoms with Crippen molar-refractivity contribution in [3.05, 3.63) is 35.0 Å². The van der Waals surface area contributed by atoms with Crippen LogP contribution in [0.2, 0.25) is 0 Å². The van der Waals surface area contributed by atoms with E-state index in [1.807, 2.05) is 0 Å². The molecular weight excluding hydrogens is 232 g/mol. The van der Waals surface area contributed by atoms with E-state index < -0.39 is 0 Å². The highest BCUT2D eigenvalue weighted by atomic mass is 16.2. The van der Waals surface area contributed by atoms with E-state index in [9.17, 15) is 9.59 Å². The van der Waals surface area contributed by atoms with Gasteiger partial charge in [0.1, 0.15) is 6.54 Å². The molecule has 0 radical (unpaired) electrons. The lowest BCUT2D eigenvalue weighted by Gasteiger charge is -2.15. The zero-order chi connectivity index (χ0) is 12.5. The van der Waals surface area contributed by atoms with E-state index in [1.165, 1.54) is 9.08 Å². The maximum Gasteiger partial charge on any atom is 0.349 e. The largest absolute Gasteiger partial charge is 0.349 e. The number of aromatic nitrogens is 3. The van der Waals surface area contributed by atoms with Gasteiger partial charge in [-0.05, 0) is 25.0 Å². The van der Waals surface area contributed by atoms with Crippen molar-refractivity contribution < 1.29 is 4.79 Å². The Kier molecular flexibility index (Phi) is 2.62. The van der Waals surface area contributed by atoms with Gasteiger partial charge in [0.15, 0.2) is 0 Å². The van der Waals surface area contributed by atoms with Crippen LogP contribution >= 0.6 is 0 Å². The average molecular weight is 246 g/mol. The highest BCUT2D eigenvalue weighted by Crippen LogP contribution is 2.07. The van der Waals surface area contributed by atoms with E-state index in [4.69, 9.17) is 0 Å². The molecule has 2 aromatic heterocycles. The Bertz CT molecular complexity index is 637. The fourth-order valence-corrected chi connectivity index (χ4v) is 2.28. The minimum atomic E-state index is -0.273. The zero-order valence-electron chi connectivity index (χ0n) is 9.95. The van der Waals surface area contributed by atoms with Crippen LogP contribution in [0, 0.1) is 0 Å². The maximum atomic E-state index is 12.0. The molecule has 1 fully saturated rings. The molecule has 0 N–H and O–H groups in total. The maximum absolute atomic E-state index is 12.0. The van der Waals surface area contributed by atoms with Crippen molar-refractivity contribution >= 4 is 11.4 Å². The van der Waals surface area contributed by atoms with Gasteiger partial charge in [0.25, 0.3) is 0 Å². The number of rotatable bonds is 2. The van der Waals surface area contributed by atoms with Gasteiger partial charge in [-0.25, -0.2) is 9.48 Å². The van der Waals surface area contributed by atoms with E-state index in [-0.39, 0.29) is 18.1 Å². The molecule has 1 aliphatic rings. The average Bonchev–Trinajstić information content (AvgIpc) is 3.02. The van der Waals surface area contributed by atoms with Crippen molar-refractivity contribution in [3.8, 4) is 0 Å².